The first-order valence-corrected chi connectivity index (χ1v) is 3.85. The average Bonchev–Trinajstić information content (AvgIpc) is 2.06. The SMILES string of the molecule is OC[C@H]1O[C@@H]2C=C[C@H]1CC2. The van der Waals surface area contributed by atoms with Gasteiger partial charge in [0.1, 0.15) is 0 Å². The van der Waals surface area contributed by atoms with Crippen molar-refractivity contribution in [3.8, 4) is 0 Å². The van der Waals surface area contributed by atoms with E-state index in [0.29, 0.717) is 12.0 Å². The van der Waals surface area contributed by atoms with E-state index < -0.39 is 0 Å². The Kier molecular flexibility index (Phi) is 1.51. The largest absolute Gasteiger partial charge is 0.394 e. The molecule has 1 saturated heterocycles. The van der Waals surface area contributed by atoms with Crippen LogP contribution in [0.4, 0.5) is 0 Å². The van der Waals surface area contributed by atoms with Crippen LogP contribution >= 0.6 is 0 Å². The van der Waals surface area contributed by atoms with Crippen molar-refractivity contribution in [3.05, 3.63) is 12.2 Å². The maximum absolute atomic E-state index is 8.85. The summed E-state index contributed by atoms with van der Waals surface area (Å²) < 4.78 is 5.50. The van der Waals surface area contributed by atoms with Gasteiger partial charge in [0, 0.05) is 5.92 Å². The second-order valence-electron chi connectivity index (χ2n) is 3.02. The lowest BCUT2D eigenvalue weighted by molar-refractivity contribution is -0.0832. The Morgan fingerprint density at radius 3 is 2.60 bits per heavy atom. The van der Waals surface area contributed by atoms with E-state index in [1.807, 2.05) is 0 Å². The molecule has 2 aliphatic heterocycles. The first kappa shape index (κ1) is 6.38. The molecule has 0 unspecified atom stereocenters. The van der Waals surface area contributed by atoms with Crippen LogP contribution in [0.5, 0.6) is 0 Å². The summed E-state index contributed by atoms with van der Waals surface area (Å²) in [5.41, 5.74) is 0. The zero-order valence-corrected chi connectivity index (χ0v) is 5.86. The van der Waals surface area contributed by atoms with Crippen LogP contribution in [0.1, 0.15) is 12.8 Å². The molecule has 0 aromatic rings. The zero-order valence-electron chi connectivity index (χ0n) is 5.86. The average molecular weight is 140 g/mol. The van der Waals surface area contributed by atoms with Gasteiger partial charge in [-0.3, -0.25) is 0 Å². The highest BCUT2D eigenvalue weighted by molar-refractivity contribution is 5.06. The molecule has 3 atom stereocenters. The third kappa shape index (κ3) is 0.879. The van der Waals surface area contributed by atoms with Crippen molar-refractivity contribution in [1.82, 2.24) is 0 Å². The van der Waals surface area contributed by atoms with Crippen molar-refractivity contribution in [2.75, 3.05) is 6.61 Å². The minimum absolute atomic E-state index is 0.0868. The summed E-state index contributed by atoms with van der Waals surface area (Å²) in [5.74, 6) is 0.481. The van der Waals surface area contributed by atoms with Crippen LogP contribution in [0, 0.1) is 5.92 Å². The predicted octanol–water partition coefficient (Wildman–Crippen LogP) is 0.712. The van der Waals surface area contributed by atoms with Gasteiger partial charge in [0.15, 0.2) is 0 Å². The van der Waals surface area contributed by atoms with Gasteiger partial charge >= 0.3 is 0 Å². The first-order valence-electron chi connectivity index (χ1n) is 3.85. The number of fused-ring (bicyclic) bond motifs is 2. The number of hydrogen-bond donors (Lipinski definition) is 1. The van der Waals surface area contributed by atoms with Crippen molar-refractivity contribution in [1.29, 1.82) is 0 Å². The molecule has 0 radical (unpaired) electrons. The van der Waals surface area contributed by atoms with Gasteiger partial charge in [0.05, 0.1) is 18.8 Å². The van der Waals surface area contributed by atoms with Gasteiger partial charge in [0.25, 0.3) is 0 Å². The van der Waals surface area contributed by atoms with Gasteiger partial charge < -0.3 is 9.84 Å². The van der Waals surface area contributed by atoms with E-state index >= 15 is 0 Å². The van der Waals surface area contributed by atoms with E-state index in [2.05, 4.69) is 12.2 Å². The highest BCUT2D eigenvalue weighted by Crippen LogP contribution is 2.31. The number of aliphatic hydroxyl groups excluding tert-OH is 1. The molecule has 56 valence electrons. The van der Waals surface area contributed by atoms with Gasteiger partial charge in [-0.15, -0.1) is 0 Å². The Bertz CT molecular complexity index is 153. The fourth-order valence-corrected chi connectivity index (χ4v) is 1.74. The van der Waals surface area contributed by atoms with E-state index in [9.17, 15) is 0 Å². The molecule has 2 bridgehead atoms. The van der Waals surface area contributed by atoms with Crippen molar-refractivity contribution >= 4 is 0 Å². The third-order valence-corrected chi connectivity index (χ3v) is 2.36. The number of ether oxygens (including phenoxy) is 1. The fraction of sp³-hybridized carbons (Fsp3) is 0.750. The maximum Gasteiger partial charge on any atom is 0.0876 e. The molecule has 1 fully saturated rings. The summed E-state index contributed by atoms with van der Waals surface area (Å²) in [7, 11) is 0. The highest BCUT2D eigenvalue weighted by atomic mass is 16.5. The van der Waals surface area contributed by atoms with Gasteiger partial charge in [-0.2, -0.15) is 0 Å². The monoisotopic (exact) mass is 140 g/mol. The standard InChI is InChI=1S/C8H12O2/c9-5-8-6-1-3-7(10-8)4-2-6/h1,3,6-9H,2,4-5H2/t6-,7+,8+/m0/s1. The van der Waals surface area contributed by atoms with E-state index in [-0.39, 0.29) is 12.7 Å². The molecule has 0 spiro atoms. The molecule has 10 heavy (non-hydrogen) atoms. The van der Waals surface area contributed by atoms with Gasteiger partial charge in [-0.1, -0.05) is 12.2 Å². The quantitative estimate of drug-likeness (QED) is 0.543. The summed E-state index contributed by atoms with van der Waals surface area (Å²) in [4.78, 5) is 0. The lowest BCUT2D eigenvalue weighted by Gasteiger charge is -2.37. The predicted molar refractivity (Wildman–Crippen MR) is 37.6 cm³/mol. The van der Waals surface area contributed by atoms with Crippen molar-refractivity contribution < 1.29 is 9.84 Å². The lowest BCUT2D eigenvalue weighted by atomic mass is 9.86. The first-order chi connectivity index (χ1) is 4.90. The normalized spacial score (nSPS) is 44.3. The number of hydrogen-bond acceptors (Lipinski definition) is 2. The van der Waals surface area contributed by atoms with Crippen molar-refractivity contribution in [2.45, 2.75) is 25.0 Å². The molecule has 2 nitrogen and oxygen atoms in total. The Hall–Kier alpha value is -0.340. The Morgan fingerprint density at radius 1 is 1.40 bits per heavy atom. The summed E-state index contributed by atoms with van der Waals surface area (Å²) in [6.07, 6.45) is 6.99. The van der Waals surface area contributed by atoms with Crippen LogP contribution in [-0.2, 0) is 4.74 Å². The molecule has 0 saturated carbocycles. The topological polar surface area (TPSA) is 29.5 Å². The van der Waals surface area contributed by atoms with E-state index in [1.54, 1.807) is 0 Å². The second-order valence-corrected chi connectivity index (χ2v) is 3.02. The minimum Gasteiger partial charge on any atom is -0.394 e. The molecule has 2 heteroatoms. The summed E-state index contributed by atoms with van der Waals surface area (Å²) in [6, 6.07) is 0. The molecular formula is C8H12O2. The maximum atomic E-state index is 8.85. The molecule has 1 N–H and O–H groups in total. The smallest absolute Gasteiger partial charge is 0.0876 e. The molecule has 0 amide bonds. The van der Waals surface area contributed by atoms with Gasteiger partial charge in [0.2, 0.25) is 0 Å². The van der Waals surface area contributed by atoms with Crippen LogP contribution in [-0.4, -0.2) is 23.9 Å². The highest BCUT2D eigenvalue weighted by Gasteiger charge is 2.31. The fourth-order valence-electron chi connectivity index (χ4n) is 1.74. The Morgan fingerprint density at radius 2 is 2.30 bits per heavy atom. The van der Waals surface area contributed by atoms with Gasteiger partial charge in [-0.05, 0) is 12.8 Å². The van der Waals surface area contributed by atoms with Crippen LogP contribution in [0.15, 0.2) is 12.2 Å². The van der Waals surface area contributed by atoms with E-state index in [0.717, 1.165) is 6.42 Å². The van der Waals surface area contributed by atoms with Crippen molar-refractivity contribution in [2.24, 2.45) is 5.92 Å². The lowest BCUT2D eigenvalue weighted by Crippen LogP contribution is -2.39. The van der Waals surface area contributed by atoms with E-state index in [4.69, 9.17) is 9.84 Å². The molecular weight excluding hydrogens is 128 g/mol. The van der Waals surface area contributed by atoms with E-state index in [1.165, 1.54) is 6.42 Å². The minimum atomic E-state index is 0.0868. The van der Waals surface area contributed by atoms with Crippen LogP contribution in [0.25, 0.3) is 0 Å². The molecule has 0 aromatic carbocycles. The van der Waals surface area contributed by atoms with Crippen LogP contribution in [0.2, 0.25) is 0 Å². The summed E-state index contributed by atoms with van der Waals surface area (Å²) in [6.45, 7) is 0.172. The number of rotatable bonds is 1. The molecule has 1 aliphatic carbocycles. The second kappa shape index (κ2) is 2.36. The summed E-state index contributed by atoms with van der Waals surface area (Å²) >= 11 is 0. The van der Waals surface area contributed by atoms with Crippen LogP contribution in [0.3, 0.4) is 0 Å². The molecule has 3 rings (SSSR count). The Labute approximate surface area is 60.5 Å². The number of aliphatic hydroxyl groups is 1. The molecule has 3 aliphatic rings. The van der Waals surface area contributed by atoms with Gasteiger partial charge in [-0.25, -0.2) is 0 Å². The van der Waals surface area contributed by atoms with Crippen LogP contribution < -0.4 is 0 Å². The van der Waals surface area contributed by atoms with Crippen molar-refractivity contribution in [3.63, 3.8) is 0 Å². The molecule has 0 aromatic heterocycles. The molecule has 2 heterocycles. The Balaban J connectivity index is 2.11. The third-order valence-electron chi connectivity index (χ3n) is 2.36. The zero-order chi connectivity index (χ0) is 6.97. The summed E-state index contributed by atoms with van der Waals surface area (Å²) in [5, 5.41) is 8.85.